The van der Waals surface area contributed by atoms with Crippen molar-refractivity contribution >= 4 is 29.9 Å². The molecule has 30 heavy (non-hydrogen) atoms. The van der Waals surface area contributed by atoms with Crippen molar-refractivity contribution in [1.29, 1.82) is 0 Å². The van der Waals surface area contributed by atoms with Crippen molar-refractivity contribution in [3.8, 4) is 5.75 Å². The van der Waals surface area contributed by atoms with E-state index in [2.05, 4.69) is 61.5 Å². The van der Waals surface area contributed by atoms with Crippen LogP contribution in [0.3, 0.4) is 0 Å². The van der Waals surface area contributed by atoms with Gasteiger partial charge in [-0.05, 0) is 36.8 Å². The highest BCUT2D eigenvalue weighted by Crippen LogP contribution is 2.33. The minimum Gasteiger partial charge on any atom is -0.491 e. The predicted molar refractivity (Wildman–Crippen MR) is 134 cm³/mol. The Hall–Kier alpha value is -1.06. The predicted octanol–water partition coefficient (Wildman–Crippen LogP) is 4.14. The molecule has 7 heteroatoms. The molecule has 0 radical (unpaired) electrons. The van der Waals surface area contributed by atoms with Crippen LogP contribution in [-0.2, 0) is 16.0 Å². The van der Waals surface area contributed by atoms with Gasteiger partial charge in [-0.2, -0.15) is 0 Å². The van der Waals surface area contributed by atoms with Crippen LogP contribution in [-0.4, -0.2) is 52.6 Å². The number of hydrogen-bond acceptors (Lipinski definition) is 4. The fourth-order valence-corrected chi connectivity index (χ4v) is 3.81. The summed E-state index contributed by atoms with van der Waals surface area (Å²) in [4.78, 5) is 4.39. The molecule has 0 aromatic heterocycles. The third-order valence-electron chi connectivity index (χ3n) is 5.27. The lowest BCUT2D eigenvalue weighted by molar-refractivity contribution is -0.0835. The van der Waals surface area contributed by atoms with Crippen LogP contribution >= 0.6 is 24.0 Å². The summed E-state index contributed by atoms with van der Waals surface area (Å²) in [6.07, 6.45) is 2.57. The van der Waals surface area contributed by atoms with Gasteiger partial charge in [-0.3, -0.25) is 4.99 Å². The van der Waals surface area contributed by atoms with Gasteiger partial charge in [-0.15, -0.1) is 24.0 Å². The number of benzene rings is 1. The average molecular weight is 533 g/mol. The molecule has 1 fully saturated rings. The zero-order valence-electron chi connectivity index (χ0n) is 19.4. The van der Waals surface area contributed by atoms with Gasteiger partial charge in [0.2, 0.25) is 0 Å². The third kappa shape index (κ3) is 8.59. The number of guanidine groups is 1. The van der Waals surface area contributed by atoms with Crippen molar-refractivity contribution in [2.24, 2.45) is 16.3 Å². The minimum atomic E-state index is 0. The standard InChI is InChI=1S/C23H39N3O3.HI/c1-17-9-10-18(20(14-17)28-13-12-27-6)15-25-22(24-5)26-16-19-8-7-11-29-21(19)23(2,3)4;/h9-10,14,19,21H,7-8,11-13,15-16H2,1-6H3,(H2,24,25,26);1H. The molecule has 2 rings (SSSR count). The molecule has 2 N–H and O–H groups in total. The number of hydrogen-bond donors (Lipinski definition) is 2. The first kappa shape index (κ1) is 27.0. The summed E-state index contributed by atoms with van der Waals surface area (Å²) in [6.45, 7) is 12.3. The average Bonchev–Trinajstić information content (AvgIpc) is 2.69. The lowest BCUT2D eigenvalue weighted by Crippen LogP contribution is -2.47. The first-order valence-corrected chi connectivity index (χ1v) is 10.6. The van der Waals surface area contributed by atoms with Gasteiger partial charge >= 0.3 is 0 Å². The molecule has 2 atom stereocenters. The zero-order valence-corrected chi connectivity index (χ0v) is 21.7. The van der Waals surface area contributed by atoms with Crippen LogP contribution in [0.5, 0.6) is 5.75 Å². The highest BCUT2D eigenvalue weighted by atomic mass is 127. The molecule has 6 nitrogen and oxygen atoms in total. The summed E-state index contributed by atoms with van der Waals surface area (Å²) in [5.74, 6) is 2.17. The number of halogens is 1. The fourth-order valence-electron chi connectivity index (χ4n) is 3.81. The number of rotatable bonds is 8. The summed E-state index contributed by atoms with van der Waals surface area (Å²) >= 11 is 0. The van der Waals surface area contributed by atoms with Crippen LogP contribution in [0.2, 0.25) is 0 Å². The summed E-state index contributed by atoms with van der Waals surface area (Å²) in [5.41, 5.74) is 2.41. The number of nitrogens with one attached hydrogen (secondary N) is 2. The van der Waals surface area contributed by atoms with E-state index in [0.717, 1.165) is 36.8 Å². The van der Waals surface area contributed by atoms with E-state index in [-0.39, 0.29) is 35.5 Å². The van der Waals surface area contributed by atoms with Gasteiger partial charge in [0, 0.05) is 45.3 Å². The van der Waals surface area contributed by atoms with Crippen molar-refractivity contribution in [3.63, 3.8) is 0 Å². The van der Waals surface area contributed by atoms with Gasteiger partial charge in [0.05, 0.1) is 12.7 Å². The van der Waals surface area contributed by atoms with E-state index >= 15 is 0 Å². The van der Waals surface area contributed by atoms with Crippen LogP contribution in [0.4, 0.5) is 0 Å². The minimum absolute atomic E-state index is 0. The van der Waals surface area contributed by atoms with Crippen LogP contribution in [0.25, 0.3) is 0 Å². The van der Waals surface area contributed by atoms with E-state index in [1.165, 1.54) is 12.0 Å². The van der Waals surface area contributed by atoms with Crippen LogP contribution < -0.4 is 15.4 Å². The molecule has 0 bridgehead atoms. The number of aliphatic imine (C=N–C) groups is 1. The Labute approximate surface area is 199 Å². The molecule has 0 spiro atoms. The Bertz CT molecular complexity index is 662. The van der Waals surface area contributed by atoms with E-state index < -0.39 is 0 Å². The van der Waals surface area contributed by atoms with E-state index in [9.17, 15) is 0 Å². The molecule has 0 amide bonds. The molecule has 0 saturated carbocycles. The van der Waals surface area contributed by atoms with E-state index in [4.69, 9.17) is 14.2 Å². The zero-order chi connectivity index (χ0) is 21.3. The van der Waals surface area contributed by atoms with Crippen molar-refractivity contribution < 1.29 is 14.2 Å². The molecule has 1 aliphatic heterocycles. The van der Waals surface area contributed by atoms with Crippen LogP contribution in [0.1, 0.15) is 44.7 Å². The Morgan fingerprint density at radius 1 is 1.23 bits per heavy atom. The Kier molecular flexibility index (Phi) is 12.0. The van der Waals surface area contributed by atoms with Gasteiger partial charge in [0.1, 0.15) is 12.4 Å². The summed E-state index contributed by atoms with van der Waals surface area (Å²) in [5, 5.41) is 6.91. The first-order valence-electron chi connectivity index (χ1n) is 10.6. The van der Waals surface area contributed by atoms with Crippen LogP contribution in [0, 0.1) is 18.3 Å². The van der Waals surface area contributed by atoms with Gasteiger partial charge in [-0.25, -0.2) is 0 Å². The smallest absolute Gasteiger partial charge is 0.191 e. The molecule has 1 aromatic rings. The number of aryl methyl sites for hydroxylation is 1. The second kappa shape index (κ2) is 13.4. The van der Waals surface area contributed by atoms with Gasteiger partial charge in [0.15, 0.2) is 5.96 Å². The largest absolute Gasteiger partial charge is 0.491 e. The summed E-state index contributed by atoms with van der Waals surface area (Å²) in [6, 6.07) is 6.27. The summed E-state index contributed by atoms with van der Waals surface area (Å²) < 4.78 is 17.1. The van der Waals surface area contributed by atoms with Crippen molar-refractivity contribution in [2.75, 3.05) is 40.5 Å². The third-order valence-corrected chi connectivity index (χ3v) is 5.27. The van der Waals surface area contributed by atoms with E-state index in [1.807, 2.05) is 0 Å². The maximum absolute atomic E-state index is 6.10. The molecule has 1 heterocycles. The Morgan fingerprint density at radius 3 is 2.67 bits per heavy atom. The van der Waals surface area contributed by atoms with Crippen LogP contribution in [0.15, 0.2) is 23.2 Å². The quantitative estimate of drug-likeness (QED) is 0.228. The number of ether oxygens (including phenoxy) is 3. The normalized spacial score (nSPS) is 19.7. The maximum atomic E-state index is 6.10. The molecule has 0 aliphatic carbocycles. The maximum Gasteiger partial charge on any atom is 0.191 e. The summed E-state index contributed by atoms with van der Waals surface area (Å²) in [7, 11) is 3.48. The lowest BCUT2D eigenvalue weighted by Gasteiger charge is -2.40. The molecule has 2 unspecified atom stereocenters. The fraction of sp³-hybridized carbons (Fsp3) is 0.696. The molecular weight excluding hydrogens is 493 g/mol. The second-order valence-corrected chi connectivity index (χ2v) is 8.82. The molecular formula is C23H40IN3O3. The van der Waals surface area contributed by atoms with Gasteiger partial charge in [-0.1, -0.05) is 32.9 Å². The molecule has 1 aliphatic rings. The highest BCUT2D eigenvalue weighted by Gasteiger charge is 2.35. The Balaban J connectivity index is 0.00000450. The van der Waals surface area contributed by atoms with Crippen molar-refractivity contribution in [3.05, 3.63) is 29.3 Å². The molecule has 172 valence electrons. The topological polar surface area (TPSA) is 64.1 Å². The first-order chi connectivity index (χ1) is 13.8. The number of nitrogens with zero attached hydrogens (tertiary/aromatic N) is 1. The highest BCUT2D eigenvalue weighted by molar-refractivity contribution is 14.0. The van der Waals surface area contributed by atoms with Gasteiger partial charge < -0.3 is 24.8 Å². The Morgan fingerprint density at radius 2 is 2.00 bits per heavy atom. The van der Waals surface area contributed by atoms with E-state index in [1.54, 1.807) is 14.2 Å². The van der Waals surface area contributed by atoms with Crippen molar-refractivity contribution in [2.45, 2.75) is 53.2 Å². The number of methoxy groups -OCH3 is 1. The lowest BCUT2D eigenvalue weighted by atomic mass is 9.78. The van der Waals surface area contributed by atoms with E-state index in [0.29, 0.717) is 25.7 Å². The van der Waals surface area contributed by atoms with Gasteiger partial charge in [0.25, 0.3) is 0 Å². The molecule has 1 saturated heterocycles. The monoisotopic (exact) mass is 533 g/mol. The second-order valence-electron chi connectivity index (χ2n) is 8.82. The van der Waals surface area contributed by atoms with Crippen molar-refractivity contribution in [1.82, 2.24) is 10.6 Å². The molecule has 1 aromatic carbocycles. The SMILES string of the molecule is CN=C(NCc1ccc(C)cc1OCCOC)NCC1CCCOC1C(C)(C)C.I.